The van der Waals surface area contributed by atoms with Crippen LogP contribution in [0.1, 0.15) is 12.5 Å². The van der Waals surface area contributed by atoms with Crippen LogP contribution in [-0.2, 0) is 17.8 Å². The van der Waals surface area contributed by atoms with Crippen LogP contribution >= 0.6 is 11.3 Å². The molecule has 0 aliphatic carbocycles. The quantitative estimate of drug-likeness (QED) is 0.563. The van der Waals surface area contributed by atoms with Crippen LogP contribution in [0.3, 0.4) is 0 Å². The lowest BCUT2D eigenvalue weighted by Gasteiger charge is -2.07. The van der Waals surface area contributed by atoms with Crippen molar-refractivity contribution in [2.45, 2.75) is 19.9 Å². The van der Waals surface area contributed by atoms with Crippen LogP contribution in [-0.4, -0.2) is 20.7 Å². The third-order valence-corrected chi connectivity index (χ3v) is 5.31. The van der Waals surface area contributed by atoms with Crippen LogP contribution in [0.15, 0.2) is 65.5 Å². The van der Waals surface area contributed by atoms with Gasteiger partial charge in [0.15, 0.2) is 5.13 Å². The SMILES string of the molecule is CCc1ccc(-c2ccc(=O)n(CC(=O)Nc3nc4ccccc4s3)n2)cc1. The number of thiazole rings is 1. The van der Waals surface area contributed by atoms with Crippen molar-refractivity contribution in [1.29, 1.82) is 0 Å². The molecule has 2 aromatic carbocycles. The van der Waals surface area contributed by atoms with E-state index in [1.54, 1.807) is 6.07 Å². The molecule has 0 aliphatic rings. The number of nitrogens with one attached hydrogen (secondary N) is 1. The van der Waals surface area contributed by atoms with Gasteiger partial charge in [0, 0.05) is 11.6 Å². The maximum Gasteiger partial charge on any atom is 0.267 e. The molecule has 2 heterocycles. The van der Waals surface area contributed by atoms with E-state index in [0.29, 0.717) is 10.8 Å². The van der Waals surface area contributed by atoms with E-state index in [2.05, 4.69) is 22.3 Å². The summed E-state index contributed by atoms with van der Waals surface area (Å²) in [6.07, 6.45) is 0.957. The van der Waals surface area contributed by atoms with Gasteiger partial charge in [-0.1, -0.05) is 54.7 Å². The maximum atomic E-state index is 12.4. The Bertz CT molecular complexity index is 1160. The zero-order chi connectivity index (χ0) is 19.5. The highest BCUT2D eigenvalue weighted by molar-refractivity contribution is 7.22. The zero-order valence-electron chi connectivity index (χ0n) is 15.3. The summed E-state index contributed by atoms with van der Waals surface area (Å²) >= 11 is 1.39. The van der Waals surface area contributed by atoms with Crippen molar-refractivity contribution < 1.29 is 4.79 Å². The molecule has 140 valence electrons. The Morgan fingerprint density at radius 3 is 2.61 bits per heavy atom. The van der Waals surface area contributed by atoms with E-state index in [1.165, 1.54) is 27.6 Å². The number of amides is 1. The molecule has 0 saturated heterocycles. The summed E-state index contributed by atoms with van der Waals surface area (Å²) in [5.41, 5.74) is 3.28. The molecule has 4 aromatic rings. The summed E-state index contributed by atoms with van der Waals surface area (Å²) in [7, 11) is 0. The number of aromatic nitrogens is 3. The van der Waals surface area contributed by atoms with Gasteiger partial charge in [0.1, 0.15) is 6.54 Å². The number of benzene rings is 2. The second-order valence-electron chi connectivity index (χ2n) is 6.30. The van der Waals surface area contributed by atoms with E-state index in [-0.39, 0.29) is 18.0 Å². The van der Waals surface area contributed by atoms with Gasteiger partial charge < -0.3 is 5.32 Å². The monoisotopic (exact) mass is 390 g/mol. The third-order valence-electron chi connectivity index (χ3n) is 4.36. The molecule has 4 rings (SSSR count). The van der Waals surface area contributed by atoms with Crippen LogP contribution < -0.4 is 10.9 Å². The first-order valence-corrected chi connectivity index (χ1v) is 9.77. The molecule has 1 amide bonds. The average molecular weight is 390 g/mol. The highest BCUT2D eigenvalue weighted by atomic mass is 32.1. The summed E-state index contributed by atoms with van der Waals surface area (Å²) in [6.45, 7) is 1.92. The van der Waals surface area contributed by atoms with Crippen LogP contribution in [0, 0.1) is 0 Å². The molecular formula is C21H18N4O2S. The summed E-state index contributed by atoms with van der Waals surface area (Å²) < 4.78 is 2.16. The minimum absolute atomic E-state index is 0.171. The normalized spacial score (nSPS) is 10.9. The maximum absolute atomic E-state index is 12.4. The van der Waals surface area contributed by atoms with Gasteiger partial charge in [0.2, 0.25) is 5.91 Å². The molecule has 2 aromatic heterocycles. The Morgan fingerprint density at radius 1 is 1.07 bits per heavy atom. The second kappa shape index (κ2) is 7.74. The summed E-state index contributed by atoms with van der Waals surface area (Å²) in [5, 5.41) is 7.60. The van der Waals surface area contributed by atoms with E-state index < -0.39 is 0 Å². The van der Waals surface area contributed by atoms with Crippen LogP contribution in [0.2, 0.25) is 0 Å². The minimum atomic E-state index is -0.341. The van der Waals surface area contributed by atoms with Crippen LogP contribution in [0.5, 0.6) is 0 Å². The van der Waals surface area contributed by atoms with Crippen molar-refractivity contribution >= 4 is 32.6 Å². The van der Waals surface area contributed by atoms with Crippen molar-refractivity contribution in [2.24, 2.45) is 0 Å². The first kappa shape index (κ1) is 18.1. The van der Waals surface area contributed by atoms with Crippen molar-refractivity contribution in [3.05, 3.63) is 76.6 Å². The van der Waals surface area contributed by atoms with Gasteiger partial charge in [-0.2, -0.15) is 5.10 Å². The topological polar surface area (TPSA) is 76.9 Å². The predicted molar refractivity (Wildman–Crippen MR) is 112 cm³/mol. The number of aryl methyl sites for hydroxylation is 1. The minimum Gasteiger partial charge on any atom is -0.300 e. The van der Waals surface area contributed by atoms with Gasteiger partial charge in [-0.15, -0.1) is 0 Å². The Labute approximate surface area is 165 Å². The third kappa shape index (κ3) is 3.84. The fourth-order valence-corrected chi connectivity index (χ4v) is 3.73. The van der Waals surface area contributed by atoms with Crippen molar-refractivity contribution in [2.75, 3.05) is 5.32 Å². The number of nitrogens with zero attached hydrogens (tertiary/aromatic N) is 3. The Kier molecular flexibility index (Phi) is 4.99. The molecule has 0 bridgehead atoms. The molecule has 0 radical (unpaired) electrons. The molecule has 0 fully saturated rings. The number of fused-ring (bicyclic) bond motifs is 1. The number of anilines is 1. The molecule has 1 N–H and O–H groups in total. The molecule has 0 saturated carbocycles. The number of hydrogen-bond acceptors (Lipinski definition) is 5. The largest absolute Gasteiger partial charge is 0.300 e. The molecule has 6 nitrogen and oxygen atoms in total. The average Bonchev–Trinajstić information content (AvgIpc) is 3.12. The first-order valence-electron chi connectivity index (χ1n) is 8.95. The van der Waals surface area contributed by atoms with Gasteiger partial charge in [-0.05, 0) is 30.2 Å². The lowest BCUT2D eigenvalue weighted by Crippen LogP contribution is -2.29. The van der Waals surface area contributed by atoms with Crippen LogP contribution in [0.25, 0.3) is 21.5 Å². The van der Waals surface area contributed by atoms with Crippen molar-refractivity contribution in [1.82, 2.24) is 14.8 Å². The van der Waals surface area contributed by atoms with E-state index in [1.807, 2.05) is 48.5 Å². The molecule has 7 heteroatoms. The van der Waals surface area contributed by atoms with Gasteiger partial charge in [0.05, 0.1) is 15.9 Å². The van der Waals surface area contributed by atoms with Gasteiger partial charge in [0.25, 0.3) is 5.56 Å². The number of carbonyl (C=O) groups is 1. The molecule has 0 aliphatic heterocycles. The highest BCUT2D eigenvalue weighted by Crippen LogP contribution is 2.25. The molecular weight excluding hydrogens is 372 g/mol. The van der Waals surface area contributed by atoms with Gasteiger partial charge >= 0.3 is 0 Å². The molecule has 0 unspecified atom stereocenters. The van der Waals surface area contributed by atoms with Gasteiger partial charge in [-0.3, -0.25) is 9.59 Å². The molecule has 28 heavy (non-hydrogen) atoms. The fourth-order valence-electron chi connectivity index (χ4n) is 2.85. The number of para-hydroxylation sites is 1. The lowest BCUT2D eigenvalue weighted by atomic mass is 10.1. The predicted octanol–water partition coefficient (Wildman–Crippen LogP) is 3.72. The highest BCUT2D eigenvalue weighted by Gasteiger charge is 2.11. The lowest BCUT2D eigenvalue weighted by molar-refractivity contribution is -0.117. The Hall–Kier alpha value is -3.32. The standard InChI is InChI=1S/C21H18N4O2S/c1-2-14-7-9-15(10-8-14)16-11-12-20(27)25(24-16)13-19(26)23-21-22-17-5-3-4-6-18(17)28-21/h3-12H,2,13H2,1H3,(H,22,23,26). The number of rotatable bonds is 5. The zero-order valence-corrected chi connectivity index (χ0v) is 16.1. The van der Waals surface area contributed by atoms with E-state index in [9.17, 15) is 9.59 Å². The fraction of sp³-hybridized carbons (Fsp3) is 0.143. The van der Waals surface area contributed by atoms with E-state index in [0.717, 1.165) is 22.2 Å². The summed E-state index contributed by atoms with van der Waals surface area (Å²) in [4.78, 5) is 28.9. The number of carbonyl (C=O) groups excluding carboxylic acids is 1. The Balaban J connectivity index is 1.53. The molecule has 0 atom stereocenters. The van der Waals surface area contributed by atoms with Crippen molar-refractivity contribution in [3.8, 4) is 11.3 Å². The van der Waals surface area contributed by atoms with Crippen LogP contribution in [0.4, 0.5) is 5.13 Å². The first-order chi connectivity index (χ1) is 13.6. The van der Waals surface area contributed by atoms with Crippen molar-refractivity contribution in [3.63, 3.8) is 0 Å². The summed E-state index contributed by atoms with van der Waals surface area (Å²) in [5.74, 6) is -0.341. The Morgan fingerprint density at radius 2 is 1.86 bits per heavy atom. The van der Waals surface area contributed by atoms with Gasteiger partial charge in [-0.25, -0.2) is 9.67 Å². The summed E-state index contributed by atoms with van der Waals surface area (Å²) in [6, 6.07) is 18.8. The molecule has 0 spiro atoms. The number of hydrogen-bond donors (Lipinski definition) is 1. The van der Waals surface area contributed by atoms with E-state index >= 15 is 0 Å². The van der Waals surface area contributed by atoms with E-state index in [4.69, 9.17) is 0 Å². The second-order valence-corrected chi connectivity index (χ2v) is 7.33. The smallest absolute Gasteiger partial charge is 0.267 e.